The Kier molecular flexibility index (Phi) is 5.71. The van der Waals surface area contributed by atoms with Crippen LogP contribution in [-0.4, -0.2) is 32.1 Å². The van der Waals surface area contributed by atoms with Crippen molar-refractivity contribution in [3.05, 3.63) is 35.9 Å². The number of nitrogens with two attached hydrogens (primary N) is 1. The zero-order chi connectivity index (χ0) is 11.8. The molecule has 0 bridgehead atoms. The van der Waals surface area contributed by atoms with E-state index in [0.717, 1.165) is 5.56 Å². The van der Waals surface area contributed by atoms with Crippen LogP contribution in [0.15, 0.2) is 30.3 Å². The van der Waals surface area contributed by atoms with E-state index >= 15 is 0 Å². The highest BCUT2D eigenvalue weighted by atomic mass is 16.5. The molecule has 4 heteroatoms. The maximum absolute atomic E-state index is 11.5. The van der Waals surface area contributed by atoms with Gasteiger partial charge in [-0.2, -0.15) is 0 Å². The van der Waals surface area contributed by atoms with Gasteiger partial charge in [0.2, 0.25) is 0 Å². The number of carbonyl (C=O) groups excluding carboxylic acids is 1. The van der Waals surface area contributed by atoms with E-state index < -0.39 is 6.04 Å². The summed E-state index contributed by atoms with van der Waals surface area (Å²) in [5, 5.41) is 3.06. The molecule has 0 aromatic heterocycles. The number of rotatable bonds is 7. The predicted octanol–water partition coefficient (Wildman–Crippen LogP) is 0.319. The summed E-state index contributed by atoms with van der Waals surface area (Å²) in [5.74, 6) is -0.0298. The Hall–Kier alpha value is -1.23. The lowest BCUT2D eigenvalue weighted by molar-refractivity contribution is -0.120. The Morgan fingerprint density at radius 1 is 1.44 bits per heavy atom. The third kappa shape index (κ3) is 4.53. The molecule has 0 amide bonds. The van der Waals surface area contributed by atoms with E-state index in [4.69, 9.17) is 10.5 Å². The van der Waals surface area contributed by atoms with Crippen molar-refractivity contribution >= 4 is 5.78 Å². The lowest BCUT2D eigenvalue weighted by atomic mass is 10.2. The smallest absolute Gasteiger partial charge is 0.165 e. The standard InChI is InChI=1S/C12H18N2O2/c1-16-9-11(13)12(15)8-14-7-10-5-3-2-4-6-10/h2-6,11,14H,7-9,13H2,1H3. The third-order valence-electron chi connectivity index (χ3n) is 2.23. The Morgan fingerprint density at radius 2 is 2.12 bits per heavy atom. The summed E-state index contributed by atoms with van der Waals surface area (Å²) in [6.07, 6.45) is 0. The van der Waals surface area contributed by atoms with Crippen molar-refractivity contribution in [3.8, 4) is 0 Å². The second-order valence-corrected chi connectivity index (χ2v) is 3.62. The predicted molar refractivity (Wildman–Crippen MR) is 63.0 cm³/mol. The van der Waals surface area contributed by atoms with E-state index in [1.54, 1.807) is 0 Å². The molecule has 88 valence electrons. The van der Waals surface area contributed by atoms with Gasteiger partial charge in [0.05, 0.1) is 19.2 Å². The first-order valence-electron chi connectivity index (χ1n) is 5.26. The van der Waals surface area contributed by atoms with Gasteiger partial charge >= 0.3 is 0 Å². The van der Waals surface area contributed by atoms with E-state index in [1.807, 2.05) is 30.3 Å². The van der Waals surface area contributed by atoms with Crippen molar-refractivity contribution < 1.29 is 9.53 Å². The summed E-state index contributed by atoms with van der Waals surface area (Å²) in [4.78, 5) is 11.5. The van der Waals surface area contributed by atoms with Gasteiger partial charge in [-0.25, -0.2) is 0 Å². The topological polar surface area (TPSA) is 64.3 Å². The minimum Gasteiger partial charge on any atom is -0.383 e. The van der Waals surface area contributed by atoms with E-state index in [2.05, 4.69) is 5.32 Å². The molecule has 0 fully saturated rings. The summed E-state index contributed by atoms with van der Waals surface area (Å²) in [5.41, 5.74) is 6.74. The Bertz CT molecular complexity index is 314. The molecule has 0 aliphatic rings. The van der Waals surface area contributed by atoms with Crippen LogP contribution >= 0.6 is 0 Å². The zero-order valence-electron chi connectivity index (χ0n) is 9.48. The van der Waals surface area contributed by atoms with Crippen molar-refractivity contribution in [1.82, 2.24) is 5.32 Å². The number of methoxy groups -OCH3 is 1. The largest absolute Gasteiger partial charge is 0.383 e. The van der Waals surface area contributed by atoms with Gasteiger partial charge in [-0.15, -0.1) is 0 Å². The molecule has 0 saturated carbocycles. The molecule has 1 aromatic carbocycles. The third-order valence-corrected chi connectivity index (χ3v) is 2.23. The van der Waals surface area contributed by atoms with Crippen molar-refractivity contribution in [3.63, 3.8) is 0 Å². The Labute approximate surface area is 95.8 Å². The summed E-state index contributed by atoms with van der Waals surface area (Å²) in [6, 6.07) is 9.38. The number of ketones is 1. The first kappa shape index (κ1) is 12.8. The van der Waals surface area contributed by atoms with Crippen molar-refractivity contribution in [2.24, 2.45) is 5.73 Å². The van der Waals surface area contributed by atoms with Crippen molar-refractivity contribution in [2.75, 3.05) is 20.3 Å². The van der Waals surface area contributed by atoms with Crippen molar-refractivity contribution in [1.29, 1.82) is 0 Å². The fourth-order valence-corrected chi connectivity index (χ4v) is 1.33. The van der Waals surface area contributed by atoms with E-state index in [1.165, 1.54) is 7.11 Å². The molecule has 1 atom stereocenters. The SMILES string of the molecule is COCC(N)C(=O)CNCc1ccccc1. The van der Waals surface area contributed by atoms with Gasteiger partial charge in [0.15, 0.2) is 5.78 Å². The molecule has 1 rings (SSSR count). The van der Waals surface area contributed by atoms with Crippen molar-refractivity contribution in [2.45, 2.75) is 12.6 Å². The number of nitrogens with one attached hydrogen (secondary N) is 1. The van der Waals surface area contributed by atoms with Crippen LogP contribution in [0, 0.1) is 0 Å². The van der Waals surface area contributed by atoms with Gasteiger partial charge in [0, 0.05) is 13.7 Å². The fourth-order valence-electron chi connectivity index (χ4n) is 1.33. The first-order chi connectivity index (χ1) is 7.74. The van der Waals surface area contributed by atoms with E-state index in [0.29, 0.717) is 6.54 Å². The molecule has 1 unspecified atom stereocenters. The molecule has 0 aliphatic carbocycles. The van der Waals surface area contributed by atoms with Crippen LogP contribution in [0.4, 0.5) is 0 Å². The van der Waals surface area contributed by atoms with Gasteiger partial charge < -0.3 is 15.8 Å². The van der Waals surface area contributed by atoms with Gasteiger partial charge in [0.25, 0.3) is 0 Å². The summed E-state index contributed by atoms with van der Waals surface area (Å²) >= 11 is 0. The molecular weight excluding hydrogens is 204 g/mol. The fraction of sp³-hybridized carbons (Fsp3) is 0.417. The van der Waals surface area contributed by atoms with Gasteiger partial charge in [-0.1, -0.05) is 30.3 Å². The number of hydrogen-bond acceptors (Lipinski definition) is 4. The second kappa shape index (κ2) is 7.11. The summed E-state index contributed by atoms with van der Waals surface area (Å²) in [7, 11) is 1.53. The Morgan fingerprint density at radius 3 is 2.75 bits per heavy atom. The van der Waals surface area contributed by atoms with Gasteiger partial charge in [-0.3, -0.25) is 4.79 Å². The summed E-state index contributed by atoms with van der Waals surface area (Å²) in [6.45, 7) is 1.22. The molecular formula is C12H18N2O2. The number of benzene rings is 1. The maximum atomic E-state index is 11.5. The number of hydrogen-bond donors (Lipinski definition) is 2. The van der Waals surface area contributed by atoms with Gasteiger partial charge in [0.1, 0.15) is 0 Å². The molecule has 3 N–H and O–H groups in total. The molecule has 0 radical (unpaired) electrons. The quantitative estimate of drug-likeness (QED) is 0.697. The number of Topliss-reactive ketones (excluding diaryl/α,β-unsaturated/α-hetero) is 1. The van der Waals surface area contributed by atoms with E-state index in [9.17, 15) is 4.79 Å². The van der Waals surface area contributed by atoms with Crippen LogP contribution in [0.1, 0.15) is 5.56 Å². The van der Waals surface area contributed by atoms with Gasteiger partial charge in [-0.05, 0) is 5.56 Å². The average molecular weight is 222 g/mol. The average Bonchev–Trinajstić information content (AvgIpc) is 2.30. The second-order valence-electron chi connectivity index (χ2n) is 3.62. The molecule has 0 saturated heterocycles. The lowest BCUT2D eigenvalue weighted by Gasteiger charge is -2.10. The molecule has 0 spiro atoms. The summed E-state index contributed by atoms with van der Waals surface area (Å²) < 4.78 is 4.82. The molecule has 4 nitrogen and oxygen atoms in total. The maximum Gasteiger partial charge on any atom is 0.165 e. The molecule has 0 aliphatic heterocycles. The lowest BCUT2D eigenvalue weighted by Crippen LogP contribution is -2.40. The normalized spacial score (nSPS) is 12.4. The highest BCUT2D eigenvalue weighted by Gasteiger charge is 2.11. The van der Waals surface area contributed by atoms with Crippen LogP contribution < -0.4 is 11.1 Å². The van der Waals surface area contributed by atoms with Crippen LogP contribution in [0.25, 0.3) is 0 Å². The van der Waals surface area contributed by atoms with Crippen LogP contribution in [0.3, 0.4) is 0 Å². The zero-order valence-corrected chi connectivity index (χ0v) is 9.48. The first-order valence-corrected chi connectivity index (χ1v) is 5.26. The Balaban J connectivity index is 2.23. The minimum atomic E-state index is -0.534. The highest BCUT2D eigenvalue weighted by Crippen LogP contribution is 1.96. The van der Waals surface area contributed by atoms with Crippen LogP contribution in [-0.2, 0) is 16.1 Å². The number of carbonyl (C=O) groups is 1. The molecule has 16 heavy (non-hydrogen) atoms. The molecule has 0 heterocycles. The van der Waals surface area contributed by atoms with Crippen LogP contribution in [0.2, 0.25) is 0 Å². The number of ether oxygens (including phenoxy) is 1. The van der Waals surface area contributed by atoms with Crippen LogP contribution in [0.5, 0.6) is 0 Å². The minimum absolute atomic E-state index is 0.0298. The monoisotopic (exact) mass is 222 g/mol. The van der Waals surface area contributed by atoms with E-state index in [-0.39, 0.29) is 18.9 Å². The molecule has 1 aromatic rings. The highest BCUT2D eigenvalue weighted by molar-refractivity contribution is 5.85.